The lowest BCUT2D eigenvalue weighted by Gasteiger charge is -2.30. The first-order valence-corrected chi connectivity index (χ1v) is 10.1. The lowest BCUT2D eigenvalue weighted by molar-refractivity contribution is 0.189. The van der Waals surface area contributed by atoms with Crippen LogP contribution in [-0.4, -0.2) is 55.6 Å². The number of piperidine rings is 1. The second-order valence-corrected chi connectivity index (χ2v) is 8.09. The highest BCUT2D eigenvalue weighted by atomic mass is 32.1. The van der Waals surface area contributed by atoms with Crippen molar-refractivity contribution in [3.63, 3.8) is 0 Å². The van der Waals surface area contributed by atoms with E-state index >= 15 is 0 Å². The molecule has 0 spiro atoms. The monoisotopic (exact) mass is 351 g/mol. The van der Waals surface area contributed by atoms with Crippen LogP contribution in [0.2, 0.25) is 0 Å². The first kappa shape index (κ1) is 19.2. The molecule has 1 aromatic heterocycles. The normalized spacial score (nSPS) is 17.2. The van der Waals surface area contributed by atoms with Crippen molar-refractivity contribution in [2.24, 2.45) is 10.9 Å². The number of guanidine groups is 1. The van der Waals surface area contributed by atoms with Crippen LogP contribution in [0.3, 0.4) is 0 Å². The quantitative estimate of drug-likeness (QED) is 0.429. The molecule has 0 saturated carbocycles. The lowest BCUT2D eigenvalue weighted by atomic mass is 9.99. The molecule has 0 atom stereocenters. The molecule has 5 nitrogen and oxygen atoms in total. The van der Waals surface area contributed by atoms with Crippen molar-refractivity contribution in [2.75, 3.05) is 39.8 Å². The zero-order valence-electron chi connectivity index (χ0n) is 15.5. The summed E-state index contributed by atoms with van der Waals surface area (Å²) in [7, 11) is 1.83. The van der Waals surface area contributed by atoms with E-state index < -0.39 is 0 Å². The third-order valence-corrected chi connectivity index (χ3v) is 5.57. The second kappa shape index (κ2) is 10.7. The molecule has 24 heavy (non-hydrogen) atoms. The molecule has 1 fully saturated rings. The van der Waals surface area contributed by atoms with Gasteiger partial charge in [0, 0.05) is 37.6 Å². The van der Waals surface area contributed by atoms with Crippen molar-refractivity contribution in [3.8, 4) is 0 Å². The molecule has 0 aromatic carbocycles. The van der Waals surface area contributed by atoms with E-state index in [1.54, 1.807) is 11.3 Å². The van der Waals surface area contributed by atoms with Gasteiger partial charge in [-0.3, -0.25) is 4.99 Å². The molecule has 0 bridgehead atoms. The van der Waals surface area contributed by atoms with E-state index in [9.17, 15) is 0 Å². The largest absolute Gasteiger partial charge is 0.356 e. The lowest BCUT2D eigenvalue weighted by Crippen LogP contribution is -2.39. The molecule has 2 heterocycles. The van der Waals surface area contributed by atoms with Crippen LogP contribution in [0.1, 0.15) is 42.5 Å². The highest BCUT2D eigenvalue weighted by Crippen LogP contribution is 2.16. The zero-order chi connectivity index (χ0) is 17.2. The number of thiazole rings is 1. The molecule has 2 rings (SSSR count). The van der Waals surface area contributed by atoms with Gasteiger partial charge in [-0.05, 0) is 58.2 Å². The fourth-order valence-corrected chi connectivity index (χ4v) is 3.76. The average molecular weight is 352 g/mol. The Balaban J connectivity index is 1.50. The molecule has 0 unspecified atom stereocenters. The molecule has 2 N–H and O–H groups in total. The summed E-state index contributed by atoms with van der Waals surface area (Å²) in [5, 5.41) is 7.96. The predicted molar refractivity (Wildman–Crippen MR) is 104 cm³/mol. The Hall–Kier alpha value is -1.14. The third-order valence-electron chi connectivity index (χ3n) is 4.59. The van der Waals surface area contributed by atoms with Crippen LogP contribution in [0, 0.1) is 12.8 Å². The van der Waals surface area contributed by atoms with Gasteiger partial charge in [0.1, 0.15) is 0 Å². The second-order valence-electron chi connectivity index (χ2n) is 6.77. The Morgan fingerprint density at radius 1 is 1.29 bits per heavy atom. The number of aliphatic imine (C=N–C) groups is 1. The molecule has 1 aromatic rings. The average Bonchev–Trinajstić information content (AvgIpc) is 3.00. The number of aryl methyl sites for hydroxylation is 1. The molecule has 0 radical (unpaired) electrons. The summed E-state index contributed by atoms with van der Waals surface area (Å²) >= 11 is 1.77. The third kappa shape index (κ3) is 7.18. The summed E-state index contributed by atoms with van der Waals surface area (Å²) in [5.41, 5.74) is 0. The van der Waals surface area contributed by atoms with Gasteiger partial charge in [-0.2, -0.15) is 0 Å². The van der Waals surface area contributed by atoms with Gasteiger partial charge in [0.25, 0.3) is 0 Å². The summed E-state index contributed by atoms with van der Waals surface area (Å²) < 4.78 is 0. The summed E-state index contributed by atoms with van der Waals surface area (Å²) in [5.74, 6) is 1.82. The summed E-state index contributed by atoms with van der Waals surface area (Å²) in [6.45, 7) is 10.1. The van der Waals surface area contributed by atoms with Gasteiger partial charge >= 0.3 is 0 Å². The molecule has 0 aliphatic carbocycles. The zero-order valence-corrected chi connectivity index (χ0v) is 16.3. The van der Waals surface area contributed by atoms with E-state index in [4.69, 9.17) is 0 Å². The SMILES string of the molecule is CN=C(NCCCCN1CCC(C)CC1)NCCc1ncc(C)s1. The minimum Gasteiger partial charge on any atom is -0.356 e. The van der Waals surface area contributed by atoms with Gasteiger partial charge in [0.05, 0.1) is 5.01 Å². The van der Waals surface area contributed by atoms with Gasteiger partial charge in [0.2, 0.25) is 0 Å². The molecule has 6 heteroatoms. The molecule has 1 aliphatic rings. The van der Waals surface area contributed by atoms with Crippen molar-refractivity contribution in [3.05, 3.63) is 16.1 Å². The minimum atomic E-state index is 0.874. The van der Waals surface area contributed by atoms with Gasteiger partial charge in [-0.25, -0.2) is 4.98 Å². The number of unbranched alkanes of at least 4 members (excludes halogenated alkanes) is 1. The van der Waals surface area contributed by atoms with E-state index in [-0.39, 0.29) is 0 Å². The Kier molecular flexibility index (Phi) is 8.53. The van der Waals surface area contributed by atoms with Crippen molar-refractivity contribution in [1.82, 2.24) is 20.5 Å². The Morgan fingerprint density at radius 2 is 2.04 bits per heavy atom. The molecule has 1 aliphatic heterocycles. The summed E-state index contributed by atoms with van der Waals surface area (Å²) in [6, 6.07) is 0. The standard InChI is InChI=1S/C18H33N5S/c1-15-7-12-23(13-8-15)11-5-4-9-20-18(19-3)21-10-6-17-22-14-16(2)24-17/h14-15H,4-13H2,1-3H3,(H2,19,20,21). The number of aromatic nitrogens is 1. The molecule has 136 valence electrons. The molecular formula is C18H33N5S. The van der Waals surface area contributed by atoms with Crippen LogP contribution < -0.4 is 10.6 Å². The van der Waals surface area contributed by atoms with Crippen molar-refractivity contribution in [1.29, 1.82) is 0 Å². The van der Waals surface area contributed by atoms with Crippen molar-refractivity contribution < 1.29 is 0 Å². The Labute approximate surface area is 151 Å². The topological polar surface area (TPSA) is 52.6 Å². The Bertz CT molecular complexity index is 491. The van der Waals surface area contributed by atoms with E-state index in [2.05, 4.69) is 39.4 Å². The van der Waals surface area contributed by atoms with E-state index in [1.165, 1.54) is 55.2 Å². The van der Waals surface area contributed by atoms with Crippen LogP contribution in [0.5, 0.6) is 0 Å². The van der Waals surface area contributed by atoms with Crippen LogP contribution in [0.4, 0.5) is 0 Å². The van der Waals surface area contributed by atoms with Crippen LogP contribution >= 0.6 is 11.3 Å². The van der Waals surface area contributed by atoms with E-state index in [0.717, 1.165) is 31.4 Å². The fourth-order valence-electron chi connectivity index (χ4n) is 2.98. The molecule has 1 saturated heterocycles. The molecular weight excluding hydrogens is 318 g/mol. The predicted octanol–water partition coefficient (Wildman–Crippen LogP) is 2.67. The summed E-state index contributed by atoms with van der Waals surface area (Å²) in [4.78, 5) is 12.6. The number of rotatable bonds is 8. The highest BCUT2D eigenvalue weighted by Gasteiger charge is 2.14. The van der Waals surface area contributed by atoms with Gasteiger partial charge in [-0.1, -0.05) is 6.92 Å². The first-order chi connectivity index (χ1) is 11.7. The number of likely N-dealkylation sites (tertiary alicyclic amines) is 1. The van der Waals surface area contributed by atoms with Crippen LogP contribution in [0.15, 0.2) is 11.2 Å². The van der Waals surface area contributed by atoms with Crippen molar-refractivity contribution in [2.45, 2.75) is 46.0 Å². The van der Waals surface area contributed by atoms with Crippen LogP contribution in [0.25, 0.3) is 0 Å². The van der Waals surface area contributed by atoms with Gasteiger partial charge < -0.3 is 15.5 Å². The van der Waals surface area contributed by atoms with Gasteiger partial charge in [0.15, 0.2) is 5.96 Å². The van der Waals surface area contributed by atoms with E-state index in [0.29, 0.717) is 0 Å². The number of nitrogens with one attached hydrogen (secondary N) is 2. The highest BCUT2D eigenvalue weighted by molar-refractivity contribution is 7.11. The maximum absolute atomic E-state index is 4.39. The van der Waals surface area contributed by atoms with Gasteiger partial charge in [-0.15, -0.1) is 11.3 Å². The smallest absolute Gasteiger partial charge is 0.190 e. The molecule has 0 amide bonds. The Morgan fingerprint density at radius 3 is 2.71 bits per heavy atom. The summed E-state index contributed by atoms with van der Waals surface area (Å²) in [6.07, 6.45) is 8.08. The number of hydrogen-bond donors (Lipinski definition) is 2. The van der Waals surface area contributed by atoms with Crippen molar-refractivity contribution >= 4 is 17.3 Å². The number of hydrogen-bond acceptors (Lipinski definition) is 4. The van der Waals surface area contributed by atoms with E-state index in [1.807, 2.05) is 13.2 Å². The minimum absolute atomic E-state index is 0.874. The first-order valence-electron chi connectivity index (χ1n) is 9.25. The van der Waals surface area contributed by atoms with Crippen LogP contribution in [-0.2, 0) is 6.42 Å². The number of nitrogens with zero attached hydrogens (tertiary/aromatic N) is 3. The fraction of sp³-hybridized carbons (Fsp3) is 0.778. The maximum atomic E-state index is 4.39. The maximum Gasteiger partial charge on any atom is 0.190 e.